The van der Waals surface area contributed by atoms with E-state index in [0.717, 1.165) is 22.8 Å². The topological polar surface area (TPSA) is 126 Å². The minimum atomic E-state index is -5.08. The fourth-order valence-electron chi connectivity index (χ4n) is 3.02. The Morgan fingerprint density at radius 2 is 1.51 bits per heavy atom. The third kappa shape index (κ3) is 9.43. The van der Waals surface area contributed by atoms with Crippen LogP contribution in [0.1, 0.15) is 12.7 Å². The second-order valence-corrected chi connectivity index (χ2v) is 7.77. The molecule has 0 saturated heterocycles. The van der Waals surface area contributed by atoms with Crippen molar-refractivity contribution in [1.29, 1.82) is 0 Å². The number of alkyl halides is 3. The van der Waals surface area contributed by atoms with E-state index in [4.69, 9.17) is 19.4 Å². The van der Waals surface area contributed by atoms with E-state index < -0.39 is 12.1 Å². The van der Waals surface area contributed by atoms with Gasteiger partial charge >= 0.3 is 18.2 Å². The molecule has 0 unspecified atom stereocenters. The number of aromatic amines is 1. The molecular formula is C27H25F3N4O5. The maximum absolute atomic E-state index is 11.6. The molecule has 4 rings (SSSR count). The second kappa shape index (κ2) is 13.5. The van der Waals surface area contributed by atoms with Gasteiger partial charge in [0.15, 0.2) is 0 Å². The minimum absolute atomic E-state index is 0.232. The first-order valence-electron chi connectivity index (χ1n) is 11.6. The summed E-state index contributed by atoms with van der Waals surface area (Å²) in [6, 6.07) is 24.3. The van der Waals surface area contributed by atoms with E-state index in [0.29, 0.717) is 30.3 Å². The number of carboxylic acid groups (broad SMARTS) is 1. The summed E-state index contributed by atoms with van der Waals surface area (Å²) in [5.41, 5.74) is 2.51. The van der Waals surface area contributed by atoms with Gasteiger partial charge in [-0.15, -0.1) is 0 Å². The zero-order valence-corrected chi connectivity index (χ0v) is 20.7. The van der Waals surface area contributed by atoms with Crippen molar-refractivity contribution in [3.8, 4) is 28.5 Å². The molecule has 0 saturated carbocycles. The summed E-state index contributed by atoms with van der Waals surface area (Å²) in [5, 5.41) is 12.6. The second-order valence-electron chi connectivity index (χ2n) is 7.77. The first kappa shape index (κ1) is 28.6. The molecule has 3 aromatic carbocycles. The third-order valence-corrected chi connectivity index (χ3v) is 4.83. The summed E-state index contributed by atoms with van der Waals surface area (Å²) in [5.74, 6) is 0.193. The standard InChI is InChI=1S/C25H24N4O3.C2HF3O2/c1-2-26-25(30)28-19-10-14-22(15-11-19)32-21-12-8-18(9-13-21)23-16-27-24(29-23)17-31-20-6-4-3-5-7-20;3-2(4,5)1(6)7/h3-16H,2,17H2,1H3,(H,27,29)(H2,26,28,30);(H,6,7). The number of benzene rings is 3. The summed E-state index contributed by atoms with van der Waals surface area (Å²) in [7, 11) is 0. The van der Waals surface area contributed by atoms with Crippen LogP contribution >= 0.6 is 0 Å². The molecule has 0 fully saturated rings. The van der Waals surface area contributed by atoms with Crippen molar-refractivity contribution in [3.63, 3.8) is 0 Å². The van der Waals surface area contributed by atoms with E-state index in [-0.39, 0.29) is 6.03 Å². The number of nitrogens with zero attached hydrogens (tertiary/aromatic N) is 1. The normalized spacial score (nSPS) is 10.6. The van der Waals surface area contributed by atoms with Gasteiger partial charge in [0.2, 0.25) is 0 Å². The Bertz CT molecular complexity index is 1340. The van der Waals surface area contributed by atoms with Crippen molar-refractivity contribution >= 4 is 17.7 Å². The predicted molar refractivity (Wildman–Crippen MR) is 138 cm³/mol. The number of rotatable bonds is 8. The first-order chi connectivity index (χ1) is 18.6. The minimum Gasteiger partial charge on any atom is -0.486 e. The van der Waals surface area contributed by atoms with Crippen LogP contribution in [0.3, 0.4) is 0 Å². The zero-order valence-electron chi connectivity index (χ0n) is 20.7. The summed E-state index contributed by atoms with van der Waals surface area (Å²) >= 11 is 0. The van der Waals surface area contributed by atoms with Crippen molar-refractivity contribution in [2.45, 2.75) is 19.7 Å². The highest BCUT2D eigenvalue weighted by Gasteiger charge is 2.38. The van der Waals surface area contributed by atoms with Crippen molar-refractivity contribution in [2.24, 2.45) is 0 Å². The molecule has 1 aromatic heterocycles. The van der Waals surface area contributed by atoms with Gasteiger partial charge in [0, 0.05) is 24.0 Å². The highest BCUT2D eigenvalue weighted by atomic mass is 19.4. The number of para-hydroxylation sites is 1. The van der Waals surface area contributed by atoms with E-state index >= 15 is 0 Å². The molecule has 4 N–H and O–H groups in total. The SMILES string of the molecule is CCNC(=O)Nc1ccc(Oc2ccc(-c3c[nH]c(COc4ccccc4)n3)cc2)cc1.O=C(O)C(F)(F)F. The number of carbonyl (C=O) groups is 2. The first-order valence-corrected chi connectivity index (χ1v) is 11.6. The van der Waals surface area contributed by atoms with Crippen LogP contribution in [0.4, 0.5) is 23.7 Å². The molecule has 0 aliphatic carbocycles. The smallest absolute Gasteiger partial charge is 0.486 e. The van der Waals surface area contributed by atoms with Gasteiger partial charge < -0.3 is 30.2 Å². The molecule has 39 heavy (non-hydrogen) atoms. The lowest BCUT2D eigenvalue weighted by atomic mass is 10.1. The number of amides is 2. The van der Waals surface area contributed by atoms with Crippen molar-refractivity contribution in [2.75, 3.05) is 11.9 Å². The van der Waals surface area contributed by atoms with Gasteiger partial charge in [-0.25, -0.2) is 14.6 Å². The summed E-state index contributed by atoms with van der Waals surface area (Å²) in [6.45, 7) is 2.81. The van der Waals surface area contributed by atoms with Crippen LogP contribution in [0.15, 0.2) is 85.1 Å². The molecular weight excluding hydrogens is 517 g/mol. The average molecular weight is 543 g/mol. The monoisotopic (exact) mass is 542 g/mol. The van der Waals surface area contributed by atoms with Crippen LogP contribution in [0, 0.1) is 0 Å². The number of urea groups is 1. The molecule has 0 spiro atoms. The van der Waals surface area contributed by atoms with Crippen molar-refractivity contribution in [1.82, 2.24) is 15.3 Å². The van der Waals surface area contributed by atoms with Crippen molar-refractivity contribution in [3.05, 3.63) is 90.9 Å². The molecule has 1 heterocycles. The Hall–Kier alpha value is -5.00. The van der Waals surface area contributed by atoms with Crippen molar-refractivity contribution < 1.29 is 37.3 Å². The van der Waals surface area contributed by atoms with Gasteiger partial charge in [-0.1, -0.05) is 18.2 Å². The highest BCUT2D eigenvalue weighted by molar-refractivity contribution is 5.89. The number of aromatic nitrogens is 2. The maximum atomic E-state index is 11.6. The molecule has 2 amide bonds. The number of imidazole rings is 1. The molecule has 0 bridgehead atoms. The fraction of sp³-hybridized carbons (Fsp3) is 0.148. The van der Waals surface area contributed by atoms with Crippen LogP contribution in [-0.4, -0.2) is 39.8 Å². The number of hydrogen-bond donors (Lipinski definition) is 4. The lowest BCUT2D eigenvalue weighted by Gasteiger charge is -2.09. The van der Waals surface area contributed by atoms with Crippen LogP contribution in [-0.2, 0) is 11.4 Å². The number of ether oxygens (including phenoxy) is 2. The molecule has 4 aromatic rings. The molecule has 0 aliphatic rings. The van der Waals surface area contributed by atoms with Crippen LogP contribution < -0.4 is 20.1 Å². The summed E-state index contributed by atoms with van der Waals surface area (Å²) in [4.78, 5) is 28.2. The Morgan fingerprint density at radius 1 is 0.923 bits per heavy atom. The third-order valence-electron chi connectivity index (χ3n) is 4.83. The van der Waals surface area contributed by atoms with E-state index in [2.05, 4.69) is 20.6 Å². The number of H-pyrrole nitrogens is 1. The molecule has 9 nitrogen and oxygen atoms in total. The van der Waals surface area contributed by atoms with E-state index in [1.165, 1.54) is 0 Å². The predicted octanol–water partition coefficient (Wildman–Crippen LogP) is 6.22. The number of carboxylic acids is 1. The van der Waals surface area contributed by atoms with Crippen LogP contribution in [0.2, 0.25) is 0 Å². The number of hydrogen-bond acceptors (Lipinski definition) is 5. The van der Waals surface area contributed by atoms with Gasteiger partial charge in [-0.3, -0.25) is 0 Å². The van der Waals surface area contributed by atoms with Crippen LogP contribution in [0.5, 0.6) is 17.2 Å². The highest BCUT2D eigenvalue weighted by Crippen LogP contribution is 2.26. The van der Waals surface area contributed by atoms with Gasteiger partial charge in [0.1, 0.15) is 29.7 Å². The lowest BCUT2D eigenvalue weighted by molar-refractivity contribution is -0.192. The van der Waals surface area contributed by atoms with Gasteiger partial charge in [-0.2, -0.15) is 13.2 Å². The molecule has 0 aliphatic heterocycles. The number of carbonyl (C=O) groups excluding carboxylic acids is 1. The number of aliphatic carboxylic acids is 1. The lowest BCUT2D eigenvalue weighted by Crippen LogP contribution is -2.28. The fourth-order valence-corrected chi connectivity index (χ4v) is 3.02. The molecule has 204 valence electrons. The summed E-state index contributed by atoms with van der Waals surface area (Å²) < 4.78 is 43.4. The Kier molecular flexibility index (Phi) is 9.90. The number of halogens is 3. The number of anilines is 1. The Balaban J connectivity index is 0.000000532. The van der Waals surface area contributed by atoms with Crippen LogP contribution in [0.25, 0.3) is 11.3 Å². The molecule has 12 heteroatoms. The molecule has 0 radical (unpaired) electrons. The average Bonchev–Trinajstić information content (AvgIpc) is 3.39. The summed E-state index contributed by atoms with van der Waals surface area (Å²) in [6.07, 6.45) is -3.22. The Morgan fingerprint density at radius 3 is 2.08 bits per heavy atom. The van der Waals surface area contributed by atoms with Gasteiger partial charge in [0.25, 0.3) is 0 Å². The van der Waals surface area contributed by atoms with Gasteiger partial charge in [0.05, 0.1) is 5.69 Å². The largest absolute Gasteiger partial charge is 0.490 e. The zero-order chi connectivity index (χ0) is 28.3. The maximum Gasteiger partial charge on any atom is 0.490 e. The Labute approximate surface area is 221 Å². The molecule has 0 atom stereocenters. The van der Waals surface area contributed by atoms with Gasteiger partial charge in [-0.05, 0) is 67.6 Å². The van der Waals surface area contributed by atoms with E-state index in [1.54, 1.807) is 12.1 Å². The van der Waals surface area contributed by atoms with E-state index in [1.807, 2.05) is 79.9 Å². The van der Waals surface area contributed by atoms with E-state index in [9.17, 15) is 18.0 Å². The quantitative estimate of drug-likeness (QED) is 0.209. The number of nitrogens with one attached hydrogen (secondary N) is 3.